The first-order valence-electron chi connectivity index (χ1n) is 8.12. The summed E-state index contributed by atoms with van der Waals surface area (Å²) in [5.74, 6) is -1.16. The van der Waals surface area contributed by atoms with Crippen molar-refractivity contribution in [2.45, 2.75) is 18.9 Å². The monoisotopic (exact) mass is 341 g/mol. The minimum atomic E-state index is -1.18. The van der Waals surface area contributed by atoms with Crippen molar-refractivity contribution in [2.75, 3.05) is 13.2 Å². The second kappa shape index (κ2) is 7.85. The Hall–Kier alpha value is -2.80. The highest BCUT2D eigenvalue weighted by molar-refractivity contribution is 5.93. The minimum absolute atomic E-state index is 0.0913. The molecule has 2 heterocycles. The van der Waals surface area contributed by atoms with Crippen LogP contribution in [0, 0.1) is 5.92 Å². The molecule has 1 saturated heterocycles. The minimum Gasteiger partial charge on any atom is -0.476 e. The Balaban J connectivity index is 1.74. The summed E-state index contributed by atoms with van der Waals surface area (Å²) in [6, 6.07) is 9.57. The third kappa shape index (κ3) is 4.39. The highest BCUT2D eigenvalue weighted by Gasteiger charge is 2.24. The Morgan fingerprint density at radius 3 is 2.52 bits per heavy atom. The average molecular weight is 341 g/mol. The molecule has 2 aromatic rings. The van der Waals surface area contributed by atoms with Gasteiger partial charge in [-0.1, -0.05) is 30.3 Å². The van der Waals surface area contributed by atoms with Crippen LogP contribution in [0.15, 0.2) is 42.7 Å². The van der Waals surface area contributed by atoms with Crippen molar-refractivity contribution in [1.82, 2.24) is 15.3 Å². The third-order valence-corrected chi connectivity index (χ3v) is 4.20. The highest BCUT2D eigenvalue weighted by atomic mass is 16.5. The second-order valence-electron chi connectivity index (χ2n) is 5.99. The number of nitrogens with one attached hydrogen (secondary N) is 1. The van der Waals surface area contributed by atoms with Crippen molar-refractivity contribution < 1.29 is 19.4 Å². The number of amides is 1. The molecule has 0 saturated carbocycles. The average Bonchev–Trinajstić information content (AvgIpc) is 3.15. The van der Waals surface area contributed by atoms with Crippen LogP contribution in [0.5, 0.6) is 0 Å². The molecule has 1 fully saturated rings. The van der Waals surface area contributed by atoms with Gasteiger partial charge in [0, 0.05) is 13.2 Å². The standard InChI is InChI=1S/C18H19N3O4/c22-17(15-9-20-16(10-19-15)18(23)24)21-14(8-12-6-7-25-11-12)13-4-2-1-3-5-13/h1-5,9-10,12,14H,6-8,11H2,(H,21,22)(H,23,24). The topological polar surface area (TPSA) is 101 Å². The molecule has 2 N–H and O–H groups in total. The third-order valence-electron chi connectivity index (χ3n) is 4.20. The van der Waals surface area contributed by atoms with Crippen LogP contribution in [0.25, 0.3) is 0 Å². The summed E-state index contributed by atoms with van der Waals surface area (Å²) in [6.07, 6.45) is 4.02. The molecular formula is C18H19N3O4. The predicted molar refractivity (Wildman–Crippen MR) is 89.2 cm³/mol. The first kappa shape index (κ1) is 17.0. The molecule has 1 aromatic heterocycles. The maximum absolute atomic E-state index is 12.5. The molecule has 0 radical (unpaired) electrons. The zero-order valence-corrected chi connectivity index (χ0v) is 13.6. The fourth-order valence-electron chi connectivity index (χ4n) is 2.85. The summed E-state index contributed by atoms with van der Waals surface area (Å²) in [4.78, 5) is 31.0. The van der Waals surface area contributed by atoms with Gasteiger partial charge >= 0.3 is 5.97 Å². The summed E-state index contributed by atoms with van der Waals surface area (Å²) in [5.41, 5.74) is 0.908. The summed E-state index contributed by atoms with van der Waals surface area (Å²) >= 11 is 0. The number of nitrogens with zero attached hydrogens (tertiary/aromatic N) is 2. The summed E-state index contributed by atoms with van der Waals surface area (Å²) in [5, 5.41) is 11.8. The smallest absolute Gasteiger partial charge is 0.356 e. The SMILES string of the molecule is O=C(O)c1cnc(C(=O)NC(CC2CCOC2)c2ccccc2)cn1. The van der Waals surface area contributed by atoms with Crippen LogP contribution in [0.4, 0.5) is 0 Å². The van der Waals surface area contributed by atoms with Crippen LogP contribution in [-0.2, 0) is 4.74 Å². The van der Waals surface area contributed by atoms with Crippen molar-refractivity contribution in [3.63, 3.8) is 0 Å². The van der Waals surface area contributed by atoms with E-state index in [0.717, 1.165) is 31.2 Å². The van der Waals surface area contributed by atoms with Gasteiger partial charge in [0.15, 0.2) is 5.69 Å². The maximum Gasteiger partial charge on any atom is 0.356 e. The zero-order chi connectivity index (χ0) is 17.6. The van der Waals surface area contributed by atoms with E-state index >= 15 is 0 Å². The first-order valence-corrected chi connectivity index (χ1v) is 8.12. The molecule has 3 rings (SSSR count). The van der Waals surface area contributed by atoms with E-state index in [1.54, 1.807) is 0 Å². The van der Waals surface area contributed by atoms with E-state index in [0.29, 0.717) is 12.5 Å². The van der Waals surface area contributed by atoms with Crippen LogP contribution < -0.4 is 5.32 Å². The van der Waals surface area contributed by atoms with Crippen LogP contribution in [0.1, 0.15) is 45.4 Å². The lowest BCUT2D eigenvalue weighted by molar-refractivity contribution is 0.0688. The van der Waals surface area contributed by atoms with Crippen LogP contribution >= 0.6 is 0 Å². The van der Waals surface area contributed by atoms with Gasteiger partial charge in [-0.3, -0.25) is 4.79 Å². The van der Waals surface area contributed by atoms with Crippen LogP contribution in [-0.4, -0.2) is 40.2 Å². The van der Waals surface area contributed by atoms with Gasteiger partial charge < -0.3 is 15.2 Å². The van der Waals surface area contributed by atoms with E-state index in [9.17, 15) is 9.59 Å². The number of hydrogen-bond acceptors (Lipinski definition) is 5. The van der Waals surface area contributed by atoms with Gasteiger partial charge in [-0.05, 0) is 24.3 Å². The normalized spacial score (nSPS) is 17.8. The molecule has 25 heavy (non-hydrogen) atoms. The fraction of sp³-hybridized carbons (Fsp3) is 0.333. The number of carboxylic acids is 1. The molecule has 1 aliphatic rings. The molecule has 7 nitrogen and oxygen atoms in total. The number of carboxylic acid groups (broad SMARTS) is 1. The molecule has 7 heteroatoms. The quantitative estimate of drug-likeness (QED) is 0.834. The number of carbonyl (C=O) groups excluding carboxylic acids is 1. The van der Waals surface area contributed by atoms with Gasteiger partial charge in [0.1, 0.15) is 5.69 Å². The number of aromatic nitrogens is 2. The van der Waals surface area contributed by atoms with Gasteiger partial charge in [0.2, 0.25) is 0 Å². The second-order valence-corrected chi connectivity index (χ2v) is 5.99. The molecule has 0 bridgehead atoms. The fourth-order valence-corrected chi connectivity index (χ4v) is 2.85. The number of carbonyl (C=O) groups is 2. The number of ether oxygens (including phenoxy) is 1. The Kier molecular flexibility index (Phi) is 5.35. The van der Waals surface area contributed by atoms with E-state index in [1.165, 1.54) is 6.20 Å². The van der Waals surface area contributed by atoms with Gasteiger partial charge in [-0.2, -0.15) is 0 Å². The molecule has 0 aliphatic carbocycles. The highest BCUT2D eigenvalue weighted by Crippen LogP contribution is 2.26. The molecule has 1 aliphatic heterocycles. The number of benzene rings is 1. The molecule has 2 atom stereocenters. The van der Waals surface area contributed by atoms with Crippen molar-refractivity contribution in [3.8, 4) is 0 Å². The molecule has 130 valence electrons. The summed E-state index contributed by atoms with van der Waals surface area (Å²) in [6.45, 7) is 1.45. The van der Waals surface area contributed by atoms with E-state index < -0.39 is 5.97 Å². The molecular weight excluding hydrogens is 322 g/mol. The molecule has 2 unspecified atom stereocenters. The largest absolute Gasteiger partial charge is 0.476 e. The lowest BCUT2D eigenvalue weighted by atomic mass is 9.94. The Labute approximate surface area is 145 Å². The lowest BCUT2D eigenvalue weighted by Gasteiger charge is -2.21. The van der Waals surface area contributed by atoms with E-state index in [2.05, 4.69) is 15.3 Å². The zero-order valence-electron chi connectivity index (χ0n) is 13.6. The maximum atomic E-state index is 12.5. The molecule has 0 spiro atoms. The lowest BCUT2D eigenvalue weighted by Crippen LogP contribution is -2.31. The molecule has 1 aromatic carbocycles. The van der Waals surface area contributed by atoms with Gasteiger partial charge in [-0.15, -0.1) is 0 Å². The van der Waals surface area contributed by atoms with Crippen molar-refractivity contribution in [3.05, 3.63) is 59.7 Å². The van der Waals surface area contributed by atoms with Gasteiger partial charge in [0.05, 0.1) is 18.4 Å². The van der Waals surface area contributed by atoms with Crippen LogP contribution in [0.2, 0.25) is 0 Å². The Morgan fingerprint density at radius 1 is 1.20 bits per heavy atom. The van der Waals surface area contributed by atoms with E-state index in [4.69, 9.17) is 9.84 Å². The Bertz CT molecular complexity index is 728. The van der Waals surface area contributed by atoms with Crippen molar-refractivity contribution in [2.24, 2.45) is 5.92 Å². The van der Waals surface area contributed by atoms with Gasteiger partial charge in [-0.25, -0.2) is 14.8 Å². The van der Waals surface area contributed by atoms with Crippen LogP contribution in [0.3, 0.4) is 0 Å². The predicted octanol–water partition coefficient (Wildman–Crippen LogP) is 2.07. The van der Waals surface area contributed by atoms with Crippen molar-refractivity contribution >= 4 is 11.9 Å². The molecule has 1 amide bonds. The Morgan fingerprint density at radius 2 is 1.92 bits per heavy atom. The summed E-state index contributed by atoms with van der Waals surface area (Å²) < 4.78 is 5.43. The van der Waals surface area contributed by atoms with E-state index in [-0.39, 0.29) is 23.3 Å². The first-order chi connectivity index (χ1) is 12.1. The van der Waals surface area contributed by atoms with E-state index in [1.807, 2.05) is 30.3 Å². The van der Waals surface area contributed by atoms with Gasteiger partial charge in [0.25, 0.3) is 5.91 Å². The number of rotatable bonds is 6. The number of hydrogen-bond donors (Lipinski definition) is 2. The van der Waals surface area contributed by atoms with Crippen molar-refractivity contribution in [1.29, 1.82) is 0 Å². The summed E-state index contributed by atoms with van der Waals surface area (Å²) in [7, 11) is 0. The number of aromatic carboxylic acids is 1.